The van der Waals surface area contributed by atoms with Crippen molar-refractivity contribution in [2.75, 3.05) is 25.5 Å². The second kappa shape index (κ2) is 9.01. The van der Waals surface area contributed by atoms with Crippen LogP contribution in [-0.4, -0.2) is 38.8 Å². The summed E-state index contributed by atoms with van der Waals surface area (Å²) in [5, 5.41) is 2.80. The molecule has 0 aliphatic heterocycles. The number of nitrogens with one attached hydrogen (secondary N) is 1. The van der Waals surface area contributed by atoms with E-state index < -0.39 is 10.0 Å². The van der Waals surface area contributed by atoms with Crippen LogP contribution in [0.15, 0.2) is 47.4 Å². The molecule has 0 unspecified atom stereocenters. The fourth-order valence-electron chi connectivity index (χ4n) is 2.86. The molecule has 0 aromatic heterocycles. The molecule has 0 aliphatic rings. The topological polar surface area (TPSA) is 75.7 Å². The minimum Gasteiger partial charge on any atom is -0.496 e. The molecule has 0 atom stereocenters. The lowest BCUT2D eigenvalue weighted by Crippen LogP contribution is -2.30. The number of anilines is 1. The monoisotopic (exact) mass is 390 g/mol. The Morgan fingerprint density at radius 3 is 2.22 bits per heavy atom. The van der Waals surface area contributed by atoms with Gasteiger partial charge in [-0.2, -0.15) is 4.31 Å². The molecule has 0 spiro atoms. The summed E-state index contributed by atoms with van der Waals surface area (Å²) in [6.45, 7) is 6.36. The zero-order valence-electron chi connectivity index (χ0n) is 16.2. The average Bonchev–Trinajstić information content (AvgIpc) is 2.63. The highest BCUT2D eigenvalue weighted by Crippen LogP contribution is 2.20. The Morgan fingerprint density at radius 2 is 1.70 bits per heavy atom. The minimum absolute atomic E-state index is 0.168. The second-order valence-electron chi connectivity index (χ2n) is 6.14. The van der Waals surface area contributed by atoms with Crippen LogP contribution in [0.5, 0.6) is 5.75 Å². The van der Waals surface area contributed by atoms with Gasteiger partial charge >= 0.3 is 0 Å². The average molecular weight is 391 g/mol. The first-order valence-electron chi connectivity index (χ1n) is 8.85. The van der Waals surface area contributed by atoms with Crippen molar-refractivity contribution in [3.05, 3.63) is 53.6 Å². The molecule has 0 aliphatic carbocycles. The fourth-order valence-corrected chi connectivity index (χ4v) is 4.32. The number of amides is 1. The summed E-state index contributed by atoms with van der Waals surface area (Å²) in [6.07, 6.45) is 0.227. The maximum atomic E-state index is 12.5. The number of hydrogen-bond donors (Lipinski definition) is 1. The molecule has 2 rings (SSSR count). The molecule has 0 fully saturated rings. The molecule has 0 saturated carbocycles. The molecule has 2 aromatic rings. The Balaban J connectivity index is 2.06. The zero-order chi connectivity index (χ0) is 20.0. The SMILES string of the molecule is CCN(CC)S(=O)(=O)c1ccc(NC(=O)Cc2ccc(OC)c(C)c2)cc1. The van der Waals surface area contributed by atoms with Gasteiger partial charge in [0.15, 0.2) is 0 Å². The standard InChI is InChI=1S/C20H26N2O4S/c1-5-22(6-2)27(24,25)18-10-8-17(9-11-18)21-20(23)14-16-7-12-19(26-4)15(3)13-16/h7-13H,5-6,14H2,1-4H3,(H,21,23). The van der Waals surface area contributed by atoms with Crippen LogP contribution >= 0.6 is 0 Å². The van der Waals surface area contributed by atoms with Crippen molar-refractivity contribution in [1.29, 1.82) is 0 Å². The fraction of sp³-hybridized carbons (Fsp3) is 0.350. The Hall–Kier alpha value is -2.38. The molecular formula is C20H26N2O4S. The molecular weight excluding hydrogens is 364 g/mol. The molecule has 1 N–H and O–H groups in total. The number of hydrogen-bond acceptors (Lipinski definition) is 4. The number of carbonyl (C=O) groups is 1. The Morgan fingerprint density at radius 1 is 1.07 bits per heavy atom. The van der Waals surface area contributed by atoms with Crippen LogP contribution in [0.1, 0.15) is 25.0 Å². The van der Waals surface area contributed by atoms with E-state index in [9.17, 15) is 13.2 Å². The van der Waals surface area contributed by atoms with Crippen molar-refractivity contribution in [1.82, 2.24) is 4.31 Å². The van der Waals surface area contributed by atoms with E-state index in [2.05, 4.69) is 5.32 Å². The van der Waals surface area contributed by atoms with Crippen molar-refractivity contribution in [3.8, 4) is 5.75 Å². The van der Waals surface area contributed by atoms with Crippen LogP contribution in [0.25, 0.3) is 0 Å². The first kappa shape index (κ1) is 20.9. The molecule has 1 amide bonds. The largest absolute Gasteiger partial charge is 0.496 e. The highest BCUT2D eigenvalue weighted by molar-refractivity contribution is 7.89. The number of methoxy groups -OCH3 is 1. The number of nitrogens with zero attached hydrogens (tertiary/aromatic N) is 1. The maximum absolute atomic E-state index is 12.5. The molecule has 0 saturated heterocycles. The summed E-state index contributed by atoms with van der Waals surface area (Å²) in [4.78, 5) is 12.5. The molecule has 146 valence electrons. The van der Waals surface area contributed by atoms with Crippen LogP contribution in [0, 0.1) is 6.92 Å². The summed E-state index contributed by atoms with van der Waals surface area (Å²) in [5.74, 6) is 0.614. The van der Waals surface area contributed by atoms with Gasteiger partial charge in [0.1, 0.15) is 5.75 Å². The molecule has 7 heteroatoms. The van der Waals surface area contributed by atoms with Gasteiger partial charge in [0.2, 0.25) is 15.9 Å². The predicted octanol–water partition coefficient (Wildman–Crippen LogP) is 3.22. The van der Waals surface area contributed by atoms with Crippen LogP contribution < -0.4 is 10.1 Å². The molecule has 0 bridgehead atoms. The lowest BCUT2D eigenvalue weighted by atomic mass is 10.1. The Kier molecular flexibility index (Phi) is 6.98. The molecule has 0 heterocycles. The normalized spacial score (nSPS) is 11.4. The van der Waals surface area contributed by atoms with E-state index in [0.29, 0.717) is 18.8 Å². The lowest BCUT2D eigenvalue weighted by molar-refractivity contribution is -0.115. The first-order chi connectivity index (χ1) is 12.8. The first-order valence-corrected chi connectivity index (χ1v) is 10.3. The number of ether oxygens (including phenoxy) is 1. The molecule has 2 aromatic carbocycles. The van der Waals surface area contributed by atoms with Crippen LogP contribution in [-0.2, 0) is 21.2 Å². The van der Waals surface area contributed by atoms with Crippen molar-refractivity contribution in [2.24, 2.45) is 0 Å². The number of benzene rings is 2. The van der Waals surface area contributed by atoms with E-state index in [1.807, 2.05) is 25.1 Å². The highest BCUT2D eigenvalue weighted by atomic mass is 32.2. The van der Waals surface area contributed by atoms with Gasteiger partial charge in [-0.25, -0.2) is 8.42 Å². The number of carbonyl (C=O) groups excluding carboxylic acids is 1. The van der Waals surface area contributed by atoms with Gasteiger partial charge in [-0.1, -0.05) is 26.0 Å². The van der Waals surface area contributed by atoms with Gasteiger partial charge in [0, 0.05) is 18.8 Å². The van der Waals surface area contributed by atoms with E-state index in [1.165, 1.54) is 16.4 Å². The highest BCUT2D eigenvalue weighted by Gasteiger charge is 2.21. The van der Waals surface area contributed by atoms with Crippen molar-refractivity contribution >= 4 is 21.6 Å². The third kappa shape index (κ3) is 5.08. The van der Waals surface area contributed by atoms with Gasteiger partial charge in [-0.05, 0) is 48.4 Å². The number of rotatable bonds is 8. The maximum Gasteiger partial charge on any atom is 0.243 e. The molecule has 27 heavy (non-hydrogen) atoms. The van der Waals surface area contributed by atoms with Crippen molar-refractivity contribution in [2.45, 2.75) is 32.1 Å². The zero-order valence-corrected chi connectivity index (χ0v) is 17.0. The summed E-state index contributed by atoms with van der Waals surface area (Å²) in [6, 6.07) is 11.8. The summed E-state index contributed by atoms with van der Waals surface area (Å²) in [5.41, 5.74) is 2.41. The van der Waals surface area contributed by atoms with E-state index >= 15 is 0 Å². The van der Waals surface area contributed by atoms with Crippen molar-refractivity contribution in [3.63, 3.8) is 0 Å². The number of sulfonamides is 1. The smallest absolute Gasteiger partial charge is 0.243 e. The Labute approximate surface area is 161 Å². The van der Waals surface area contributed by atoms with E-state index in [0.717, 1.165) is 16.9 Å². The van der Waals surface area contributed by atoms with Crippen LogP contribution in [0.2, 0.25) is 0 Å². The predicted molar refractivity (Wildman–Crippen MR) is 107 cm³/mol. The second-order valence-corrected chi connectivity index (χ2v) is 8.08. The summed E-state index contributed by atoms with van der Waals surface area (Å²) in [7, 11) is -1.89. The van der Waals surface area contributed by atoms with Gasteiger partial charge in [-0.15, -0.1) is 0 Å². The van der Waals surface area contributed by atoms with Gasteiger partial charge in [-0.3, -0.25) is 4.79 Å². The van der Waals surface area contributed by atoms with Gasteiger partial charge in [0.05, 0.1) is 18.4 Å². The van der Waals surface area contributed by atoms with Gasteiger partial charge in [0.25, 0.3) is 0 Å². The third-order valence-corrected chi connectivity index (χ3v) is 6.37. The third-order valence-electron chi connectivity index (χ3n) is 4.31. The summed E-state index contributed by atoms with van der Waals surface area (Å²) >= 11 is 0. The minimum atomic E-state index is -3.50. The number of aryl methyl sites for hydroxylation is 1. The van der Waals surface area contributed by atoms with Crippen LogP contribution in [0.4, 0.5) is 5.69 Å². The van der Waals surface area contributed by atoms with Crippen molar-refractivity contribution < 1.29 is 17.9 Å². The Bertz CT molecular complexity index is 889. The molecule has 0 radical (unpaired) electrons. The quantitative estimate of drug-likeness (QED) is 0.751. The lowest BCUT2D eigenvalue weighted by Gasteiger charge is -2.18. The van der Waals surface area contributed by atoms with E-state index in [1.54, 1.807) is 33.1 Å². The van der Waals surface area contributed by atoms with E-state index in [4.69, 9.17) is 4.74 Å². The summed E-state index contributed by atoms with van der Waals surface area (Å²) < 4.78 is 31.6. The van der Waals surface area contributed by atoms with E-state index in [-0.39, 0.29) is 17.2 Å². The van der Waals surface area contributed by atoms with Gasteiger partial charge < -0.3 is 10.1 Å². The van der Waals surface area contributed by atoms with Crippen LogP contribution in [0.3, 0.4) is 0 Å². The molecule has 6 nitrogen and oxygen atoms in total.